The molecule has 4 rings (SSSR count). The van der Waals surface area contributed by atoms with Gasteiger partial charge >= 0.3 is 0 Å². The molecule has 2 aliphatic rings. The number of aliphatic hydroxyl groups excluding tert-OH is 2. The van der Waals surface area contributed by atoms with E-state index in [2.05, 4.69) is 22.4 Å². The van der Waals surface area contributed by atoms with Gasteiger partial charge in [-0.05, 0) is 70.3 Å². The van der Waals surface area contributed by atoms with Crippen LogP contribution in [0.5, 0.6) is 0 Å². The predicted molar refractivity (Wildman–Crippen MR) is 126 cm³/mol. The van der Waals surface area contributed by atoms with Crippen molar-refractivity contribution in [3.8, 4) is 0 Å². The molecule has 6 atom stereocenters. The molecule has 0 unspecified atom stereocenters. The summed E-state index contributed by atoms with van der Waals surface area (Å²) in [6.07, 6.45) is 4.11. The van der Waals surface area contributed by atoms with Gasteiger partial charge in [0.1, 0.15) is 6.10 Å². The van der Waals surface area contributed by atoms with Crippen LogP contribution in [0.2, 0.25) is 0 Å². The van der Waals surface area contributed by atoms with Gasteiger partial charge in [0.15, 0.2) is 0 Å². The second kappa shape index (κ2) is 9.50. The monoisotopic (exact) mass is 453 g/mol. The third kappa shape index (κ3) is 4.82. The Morgan fingerprint density at radius 3 is 2.58 bits per heavy atom. The van der Waals surface area contributed by atoms with E-state index in [0.29, 0.717) is 31.2 Å². The van der Waals surface area contributed by atoms with Crippen molar-refractivity contribution in [3.05, 3.63) is 66.0 Å². The van der Waals surface area contributed by atoms with Gasteiger partial charge in [0.05, 0.1) is 17.3 Å². The van der Waals surface area contributed by atoms with Gasteiger partial charge in [0, 0.05) is 30.5 Å². The highest BCUT2D eigenvalue weighted by Gasteiger charge is 2.57. The van der Waals surface area contributed by atoms with Gasteiger partial charge in [-0.2, -0.15) is 0 Å². The van der Waals surface area contributed by atoms with Gasteiger partial charge in [-0.25, -0.2) is 0 Å². The van der Waals surface area contributed by atoms with Crippen LogP contribution in [0, 0.1) is 0 Å². The molecular formula is C26H35N3O4. The van der Waals surface area contributed by atoms with E-state index < -0.39 is 23.4 Å². The minimum absolute atomic E-state index is 0.0709. The van der Waals surface area contributed by atoms with Gasteiger partial charge in [-0.3, -0.25) is 9.78 Å². The number of benzene rings is 1. The van der Waals surface area contributed by atoms with Crippen LogP contribution in [0.3, 0.4) is 0 Å². The minimum Gasteiger partial charge on any atom is -0.388 e. The molecule has 0 aliphatic carbocycles. The molecule has 0 saturated carbocycles. The van der Waals surface area contributed by atoms with E-state index in [9.17, 15) is 15.0 Å². The number of nitrogens with one attached hydrogen (secondary N) is 1. The van der Waals surface area contributed by atoms with Crippen LogP contribution in [0.25, 0.3) is 0 Å². The van der Waals surface area contributed by atoms with E-state index in [1.165, 1.54) is 5.56 Å². The topological polar surface area (TPSA) is 94.9 Å². The summed E-state index contributed by atoms with van der Waals surface area (Å²) in [6.45, 7) is 2.03. The molecule has 7 nitrogen and oxygen atoms in total. The van der Waals surface area contributed by atoms with Crippen LogP contribution in [0.15, 0.2) is 54.9 Å². The predicted octanol–water partition coefficient (Wildman–Crippen LogP) is 2.35. The van der Waals surface area contributed by atoms with E-state index >= 15 is 0 Å². The summed E-state index contributed by atoms with van der Waals surface area (Å²) in [5.74, 6) is -0.128. The van der Waals surface area contributed by atoms with Gasteiger partial charge in [-0.1, -0.05) is 30.3 Å². The number of aliphatic hydroxyl groups is 2. The smallest absolute Gasteiger partial charge is 0.251 e. The number of aromatic nitrogens is 1. The number of pyridine rings is 1. The maximum absolute atomic E-state index is 12.6. The molecule has 3 heterocycles. The van der Waals surface area contributed by atoms with Crippen LogP contribution in [-0.4, -0.2) is 76.1 Å². The molecular weight excluding hydrogens is 418 g/mol. The van der Waals surface area contributed by atoms with Gasteiger partial charge in [0.2, 0.25) is 0 Å². The summed E-state index contributed by atoms with van der Waals surface area (Å²) in [5.41, 5.74) is -0.0134. The van der Waals surface area contributed by atoms with Crippen molar-refractivity contribution < 1.29 is 19.7 Å². The average molecular weight is 454 g/mol. The van der Waals surface area contributed by atoms with Crippen LogP contribution in [0.1, 0.15) is 54.4 Å². The van der Waals surface area contributed by atoms with Crippen molar-refractivity contribution in [3.63, 3.8) is 0 Å². The number of likely N-dealkylation sites (N-methyl/N-ethyl adjacent to an activating group) is 1. The SMILES string of the molecule is CN(C)[C@@H]1CC[C@@]2([C@H](O)CNC(=O)c3ccncc3)C[C@H](c3ccccc3)C[C@](C)(O2)[C@H]1O. The highest BCUT2D eigenvalue weighted by atomic mass is 16.6. The zero-order valence-corrected chi connectivity index (χ0v) is 19.6. The third-order valence-electron chi connectivity index (χ3n) is 7.47. The lowest BCUT2D eigenvalue weighted by molar-refractivity contribution is -0.250. The molecule has 3 N–H and O–H groups in total. The summed E-state index contributed by atoms with van der Waals surface area (Å²) >= 11 is 0. The molecule has 1 aromatic heterocycles. The number of fused-ring (bicyclic) bond motifs is 2. The Hall–Kier alpha value is -2.32. The van der Waals surface area contributed by atoms with E-state index in [-0.39, 0.29) is 24.4 Å². The number of hydrogen-bond donors (Lipinski definition) is 3. The lowest BCUT2D eigenvalue weighted by Crippen LogP contribution is -2.61. The molecule has 2 aromatic rings. The maximum atomic E-state index is 12.6. The Bertz CT molecular complexity index is 941. The first-order valence-electron chi connectivity index (χ1n) is 11.7. The van der Waals surface area contributed by atoms with E-state index in [4.69, 9.17) is 4.74 Å². The van der Waals surface area contributed by atoms with Crippen molar-refractivity contribution in [1.29, 1.82) is 0 Å². The van der Waals surface area contributed by atoms with Gasteiger partial charge in [-0.15, -0.1) is 0 Å². The first-order valence-corrected chi connectivity index (χ1v) is 11.7. The summed E-state index contributed by atoms with van der Waals surface area (Å²) in [4.78, 5) is 18.6. The minimum atomic E-state index is -0.915. The fourth-order valence-corrected chi connectivity index (χ4v) is 5.67. The Balaban J connectivity index is 1.62. The first-order chi connectivity index (χ1) is 15.7. The van der Waals surface area contributed by atoms with Crippen molar-refractivity contribution in [1.82, 2.24) is 15.2 Å². The molecule has 2 fully saturated rings. The number of rotatable bonds is 6. The average Bonchev–Trinajstić information content (AvgIpc) is 2.90. The largest absolute Gasteiger partial charge is 0.388 e. The lowest BCUT2D eigenvalue weighted by Gasteiger charge is -2.52. The fraction of sp³-hybridized carbons (Fsp3) is 0.538. The molecule has 2 bridgehead atoms. The summed E-state index contributed by atoms with van der Waals surface area (Å²) in [5, 5.41) is 25.7. The van der Waals surface area contributed by atoms with E-state index in [0.717, 1.165) is 0 Å². The van der Waals surface area contributed by atoms with E-state index in [1.807, 2.05) is 44.1 Å². The van der Waals surface area contributed by atoms with E-state index in [1.54, 1.807) is 24.5 Å². The fourth-order valence-electron chi connectivity index (χ4n) is 5.67. The second-order valence-electron chi connectivity index (χ2n) is 9.97. The van der Waals surface area contributed by atoms with Gasteiger partial charge in [0.25, 0.3) is 5.91 Å². The zero-order chi connectivity index (χ0) is 23.6. The maximum Gasteiger partial charge on any atom is 0.251 e. The molecule has 1 amide bonds. The van der Waals surface area contributed by atoms with Crippen molar-refractivity contribution in [2.75, 3.05) is 20.6 Å². The Kier molecular flexibility index (Phi) is 6.86. The van der Waals surface area contributed by atoms with Crippen molar-refractivity contribution >= 4 is 5.91 Å². The molecule has 7 heteroatoms. The molecule has 2 aliphatic heterocycles. The van der Waals surface area contributed by atoms with Crippen LogP contribution in [-0.2, 0) is 4.74 Å². The molecule has 0 radical (unpaired) electrons. The lowest BCUT2D eigenvalue weighted by atomic mass is 9.72. The zero-order valence-electron chi connectivity index (χ0n) is 19.6. The third-order valence-corrected chi connectivity index (χ3v) is 7.47. The number of ether oxygens (including phenoxy) is 1. The molecule has 2 saturated heterocycles. The van der Waals surface area contributed by atoms with Crippen molar-refractivity contribution in [2.45, 2.75) is 68.0 Å². The number of nitrogens with zero attached hydrogens (tertiary/aromatic N) is 2. The molecule has 33 heavy (non-hydrogen) atoms. The number of carbonyl (C=O) groups is 1. The van der Waals surface area contributed by atoms with Crippen molar-refractivity contribution in [2.24, 2.45) is 0 Å². The summed E-state index contributed by atoms with van der Waals surface area (Å²) < 4.78 is 6.68. The van der Waals surface area contributed by atoms with Crippen LogP contribution < -0.4 is 5.32 Å². The molecule has 1 aromatic carbocycles. The first kappa shape index (κ1) is 23.8. The number of hydrogen-bond acceptors (Lipinski definition) is 6. The Morgan fingerprint density at radius 2 is 1.91 bits per heavy atom. The van der Waals surface area contributed by atoms with Gasteiger partial charge < -0.3 is 25.2 Å². The molecule has 178 valence electrons. The molecule has 0 spiro atoms. The highest BCUT2D eigenvalue weighted by molar-refractivity contribution is 5.93. The normalized spacial score (nSPS) is 32.7. The number of carbonyl (C=O) groups excluding carboxylic acids is 1. The quantitative estimate of drug-likeness (QED) is 0.622. The van der Waals surface area contributed by atoms with Crippen LogP contribution in [0.4, 0.5) is 0 Å². The summed E-state index contributed by atoms with van der Waals surface area (Å²) in [7, 11) is 3.94. The van der Waals surface area contributed by atoms with Crippen LogP contribution >= 0.6 is 0 Å². The second-order valence-corrected chi connectivity index (χ2v) is 9.97. The number of amides is 1. The Morgan fingerprint density at radius 1 is 1.21 bits per heavy atom. The standard InChI is InChI=1S/C26H35N3O4/c1-25-15-20(18-7-5-4-6-8-18)16-26(33-25,12-9-21(23(25)31)29(2)3)22(30)17-28-24(32)19-10-13-27-14-11-19/h4-8,10-11,13-14,20-23,30-31H,9,12,15-17H2,1-3H3,(H,28,32)/t20-,21-,22-,23+,25+,26+/m1/s1. The summed E-state index contributed by atoms with van der Waals surface area (Å²) in [6, 6.07) is 13.5. The highest BCUT2D eigenvalue weighted by Crippen LogP contribution is 2.51. The Labute approximate surface area is 195 Å².